The quantitative estimate of drug-likeness (QED) is 0.804. The van der Waals surface area contributed by atoms with Gasteiger partial charge in [0.05, 0.1) is 5.56 Å². The fourth-order valence-corrected chi connectivity index (χ4v) is 3.25. The summed E-state index contributed by atoms with van der Waals surface area (Å²) in [7, 11) is 0. The number of nitrogens with zero attached hydrogens (tertiary/aromatic N) is 2. The number of ether oxygens (including phenoxy) is 1. The van der Waals surface area contributed by atoms with E-state index in [0.29, 0.717) is 13.0 Å². The molecule has 0 bridgehead atoms. The van der Waals surface area contributed by atoms with Crippen LogP contribution in [0, 0.1) is 0 Å². The first-order valence-electron chi connectivity index (χ1n) is 9.05. The van der Waals surface area contributed by atoms with Crippen LogP contribution >= 0.6 is 0 Å². The Balaban J connectivity index is 1.63. The molecule has 1 aromatic carbocycles. The highest BCUT2D eigenvalue weighted by molar-refractivity contribution is 5.92. The van der Waals surface area contributed by atoms with Crippen LogP contribution in [0.3, 0.4) is 0 Å². The summed E-state index contributed by atoms with van der Waals surface area (Å²) >= 11 is 0. The number of piperidine rings is 1. The number of carbonyl (C=O) groups is 1. The zero-order valence-corrected chi connectivity index (χ0v) is 15.1. The van der Waals surface area contributed by atoms with Crippen LogP contribution in [0.15, 0.2) is 34.9 Å². The Morgan fingerprint density at radius 3 is 2.93 bits per heavy atom. The van der Waals surface area contributed by atoms with Crippen LogP contribution in [0.1, 0.15) is 47.6 Å². The predicted octanol–water partition coefficient (Wildman–Crippen LogP) is 3.65. The van der Waals surface area contributed by atoms with Gasteiger partial charge in [-0.25, -0.2) is 4.98 Å². The van der Waals surface area contributed by atoms with Gasteiger partial charge in [0.1, 0.15) is 12.0 Å². The lowest BCUT2D eigenvalue weighted by molar-refractivity contribution is -0.137. The van der Waals surface area contributed by atoms with Gasteiger partial charge in [0.15, 0.2) is 12.3 Å². The van der Waals surface area contributed by atoms with E-state index in [4.69, 9.17) is 9.15 Å². The largest absolute Gasteiger partial charge is 0.484 e. The number of aliphatic hydroxyl groups excluding tert-OH is 1. The molecule has 1 aromatic heterocycles. The fraction of sp³-hybridized carbons (Fsp3) is 0.474. The molecule has 6 nitrogen and oxygen atoms in total. The van der Waals surface area contributed by atoms with Gasteiger partial charge in [0.25, 0.3) is 5.91 Å². The first-order chi connectivity index (χ1) is 13.4. The number of benzene rings is 1. The van der Waals surface area contributed by atoms with Crippen molar-refractivity contribution in [2.75, 3.05) is 13.2 Å². The van der Waals surface area contributed by atoms with Crippen LogP contribution < -0.4 is 4.74 Å². The minimum absolute atomic E-state index is 0.00332. The first-order valence-corrected chi connectivity index (χ1v) is 9.05. The number of alkyl halides is 3. The van der Waals surface area contributed by atoms with Gasteiger partial charge in [-0.15, -0.1) is 0 Å². The number of likely N-dealkylation sites (tertiary alicyclic amines) is 1. The van der Waals surface area contributed by atoms with Gasteiger partial charge in [-0.2, -0.15) is 13.2 Å². The highest BCUT2D eigenvalue weighted by atomic mass is 19.4. The Morgan fingerprint density at radius 2 is 2.18 bits per heavy atom. The van der Waals surface area contributed by atoms with Gasteiger partial charge in [-0.3, -0.25) is 4.79 Å². The number of aliphatic hydroxyl groups is 1. The SMILES string of the molecule is O=C(c1coc(COc2cccc(C(F)(F)F)c2)n1)N1CCCCC1CCO. The summed E-state index contributed by atoms with van der Waals surface area (Å²) < 4.78 is 48.8. The van der Waals surface area contributed by atoms with Crippen molar-refractivity contribution in [3.63, 3.8) is 0 Å². The van der Waals surface area contributed by atoms with Crippen LogP contribution in [0.25, 0.3) is 0 Å². The Hall–Kier alpha value is -2.55. The highest BCUT2D eigenvalue weighted by Gasteiger charge is 2.31. The lowest BCUT2D eigenvalue weighted by Gasteiger charge is -2.35. The van der Waals surface area contributed by atoms with E-state index >= 15 is 0 Å². The predicted molar refractivity (Wildman–Crippen MR) is 92.7 cm³/mol. The fourth-order valence-electron chi connectivity index (χ4n) is 3.25. The van der Waals surface area contributed by atoms with Crippen LogP contribution in [-0.2, 0) is 12.8 Å². The van der Waals surface area contributed by atoms with Gasteiger partial charge in [-0.1, -0.05) is 6.07 Å². The smallest absolute Gasteiger partial charge is 0.416 e. The van der Waals surface area contributed by atoms with Crippen molar-refractivity contribution >= 4 is 5.91 Å². The number of carbonyl (C=O) groups excluding carboxylic acids is 1. The van der Waals surface area contributed by atoms with E-state index in [1.54, 1.807) is 4.90 Å². The molecule has 2 aromatic rings. The zero-order valence-electron chi connectivity index (χ0n) is 15.1. The summed E-state index contributed by atoms with van der Waals surface area (Å²) in [6.07, 6.45) is -0.00956. The van der Waals surface area contributed by atoms with Gasteiger partial charge in [0.2, 0.25) is 5.89 Å². The summed E-state index contributed by atoms with van der Waals surface area (Å²) in [6.45, 7) is 0.393. The number of rotatable bonds is 6. The van der Waals surface area contributed by atoms with Gasteiger partial charge in [0, 0.05) is 19.2 Å². The molecule has 0 aliphatic carbocycles. The Labute approximate surface area is 159 Å². The van der Waals surface area contributed by atoms with Crippen molar-refractivity contribution in [3.05, 3.63) is 47.7 Å². The Morgan fingerprint density at radius 1 is 1.36 bits per heavy atom. The van der Waals surface area contributed by atoms with E-state index < -0.39 is 11.7 Å². The molecule has 2 heterocycles. The number of hydrogen-bond donors (Lipinski definition) is 1. The number of halogens is 3. The third-order valence-electron chi connectivity index (χ3n) is 4.64. The lowest BCUT2D eigenvalue weighted by Crippen LogP contribution is -2.44. The molecule has 9 heteroatoms. The molecule has 152 valence electrons. The van der Waals surface area contributed by atoms with E-state index in [0.717, 1.165) is 31.4 Å². The second kappa shape index (κ2) is 8.64. The second-order valence-electron chi connectivity index (χ2n) is 6.60. The molecule has 1 N–H and O–H groups in total. The minimum Gasteiger partial charge on any atom is -0.484 e. The molecular formula is C19H21F3N2O4. The van der Waals surface area contributed by atoms with Crippen LogP contribution in [0.5, 0.6) is 5.75 Å². The van der Waals surface area contributed by atoms with Gasteiger partial charge < -0.3 is 19.2 Å². The standard InChI is InChI=1S/C19H21F3N2O4/c20-19(21,22)13-4-3-6-15(10-13)27-12-17-23-16(11-28-17)18(26)24-8-2-1-5-14(24)7-9-25/h3-4,6,10-11,14,25H,1-2,5,7-9,12H2. The second-order valence-corrected chi connectivity index (χ2v) is 6.60. The normalized spacial score (nSPS) is 17.6. The summed E-state index contributed by atoms with van der Waals surface area (Å²) in [5.41, 5.74) is -0.694. The average Bonchev–Trinajstić information content (AvgIpc) is 3.15. The van der Waals surface area contributed by atoms with Crippen LogP contribution in [0.2, 0.25) is 0 Å². The van der Waals surface area contributed by atoms with E-state index in [1.165, 1.54) is 18.4 Å². The molecule has 1 saturated heterocycles. The van der Waals surface area contributed by atoms with E-state index in [-0.39, 0.29) is 42.5 Å². The summed E-state index contributed by atoms with van der Waals surface area (Å²) in [5.74, 6) is -0.163. The summed E-state index contributed by atoms with van der Waals surface area (Å²) in [5, 5.41) is 9.18. The Kier molecular flexibility index (Phi) is 6.23. The molecule has 1 fully saturated rings. The molecule has 0 radical (unpaired) electrons. The third-order valence-corrected chi connectivity index (χ3v) is 4.64. The molecule has 1 amide bonds. The maximum atomic E-state index is 12.7. The third kappa shape index (κ3) is 4.83. The number of oxazole rings is 1. The van der Waals surface area contributed by atoms with Crippen molar-refractivity contribution in [1.29, 1.82) is 0 Å². The minimum atomic E-state index is -4.46. The average molecular weight is 398 g/mol. The maximum absolute atomic E-state index is 12.7. The zero-order chi connectivity index (χ0) is 20.1. The number of aromatic nitrogens is 1. The van der Waals surface area contributed by atoms with Gasteiger partial charge >= 0.3 is 6.18 Å². The molecule has 1 unspecified atom stereocenters. The van der Waals surface area contributed by atoms with Crippen molar-refractivity contribution in [2.24, 2.45) is 0 Å². The molecule has 1 aliphatic rings. The van der Waals surface area contributed by atoms with E-state index in [1.807, 2.05) is 0 Å². The topological polar surface area (TPSA) is 75.8 Å². The van der Waals surface area contributed by atoms with Crippen LogP contribution in [0.4, 0.5) is 13.2 Å². The highest BCUT2D eigenvalue weighted by Crippen LogP contribution is 2.31. The van der Waals surface area contributed by atoms with Crippen molar-refractivity contribution in [2.45, 2.75) is 44.5 Å². The molecular weight excluding hydrogens is 377 g/mol. The van der Waals surface area contributed by atoms with Gasteiger partial charge in [-0.05, 0) is 43.9 Å². The van der Waals surface area contributed by atoms with Crippen molar-refractivity contribution in [3.8, 4) is 5.75 Å². The molecule has 0 spiro atoms. The number of amides is 1. The lowest BCUT2D eigenvalue weighted by atomic mass is 9.99. The van der Waals surface area contributed by atoms with E-state index in [9.17, 15) is 23.1 Å². The van der Waals surface area contributed by atoms with Crippen molar-refractivity contribution < 1.29 is 32.2 Å². The van der Waals surface area contributed by atoms with Crippen LogP contribution in [-0.4, -0.2) is 40.1 Å². The van der Waals surface area contributed by atoms with Crippen molar-refractivity contribution in [1.82, 2.24) is 9.88 Å². The summed E-state index contributed by atoms with van der Waals surface area (Å²) in [4.78, 5) is 18.5. The number of hydrogen-bond acceptors (Lipinski definition) is 5. The molecule has 1 aliphatic heterocycles. The Bertz CT molecular complexity index is 804. The molecule has 0 saturated carbocycles. The summed E-state index contributed by atoms with van der Waals surface area (Å²) in [6, 6.07) is 4.46. The molecule has 3 rings (SSSR count). The molecule has 1 atom stereocenters. The maximum Gasteiger partial charge on any atom is 0.416 e. The molecule has 28 heavy (non-hydrogen) atoms. The van der Waals surface area contributed by atoms with E-state index in [2.05, 4.69) is 4.98 Å². The monoisotopic (exact) mass is 398 g/mol. The first kappa shape index (κ1) is 20.2.